The van der Waals surface area contributed by atoms with Crippen LogP contribution >= 0.6 is 11.3 Å². The molecule has 1 aliphatic rings. The van der Waals surface area contributed by atoms with Crippen LogP contribution in [0.4, 0.5) is 21.4 Å². The standard InChI is InChI=1S/C17H15N3OS/c1-20-10-9-13-15(20)17(19-21)22-16(13)18-14-8-4-6-11-5-2-3-7-12(11)14/h2-8,18H,9-10H2,1H3. The molecule has 3 aromatic rings. The molecule has 0 bridgehead atoms. The first-order valence-electron chi connectivity index (χ1n) is 7.23. The van der Waals surface area contributed by atoms with Crippen molar-refractivity contribution in [2.45, 2.75) is 6.42 Å². The molecule has 4 nitrogen and oxygen atoms in total. The summed E-state index contributed by atoms with van der Waals surface area (Å²) in [7, 11) is 2.01. The second kappa shape index (κ2) is 5.10. The molecular formula is C17H15N3OS. The van der Waals surface area contributed by atoms with E-state index >= 15 is 0 Å². The summed E-state index contributed by atoms with van der Waals surface area (Å²) in [6.45, 7) is 0.935. The van der Waals surface area contributed by atoms with Crippen molar-refractivity contribution in [3.05, 3.63) is 52.9 Å². The Balaban J connectivity index is 1.81. The highest BCUT2D eigenvalue weighted by Gasteiger charge is 2.27. The van der Waals surface area contributed by atoms with E-state index in [0.29, 0.717) is 5.00 Å². The van der Waals surface area contributed by atoms with Crippen molar-refractivity contribution < 1.29 is 0 Å². The average molecular weight is 309 g/mol. The number of hydrogen-bond acceptors (Lipinski definition) is 5. The maximum atomic E-state index is 11.1. The molecule has 0 atom stereocenters. The van der Waals surface area contributed by atoms with Crippen LogP contribution in [-0.2, 0) is 6.42 Å². The highest BCUT2D eigenvalue weighted by Crippen LogP contribution is 2.49. The lowest BCUT2D eigenvalue weighted by molar-refractivity contribution is 0.956. The van der Waals surface area contributed by atoms with Gasteiger partial charge in [0.15, 0.2) is 5.00 Å². The van der Waals surface area contributed by atoms with Crippen LogP contribution in [0.2, 0.25) is 0 Å². The molecule has 0 fully saturated rings. The van der Waals surface area contributed by atoms with Crippen LogP contribution < -0.4 is 10.2 Å². The number of nitroso groups, excluding NO2 is 1. The topological polar surface area (TPSA) is 44.7 Å². The first-order valence-corrected chi connectivity index (χ1v) is 8.04. The number of benzene rings is 2. The van der Waals surface area contributed by atoms with Crippen LogP contribution in [0, 0.1) is 4.91 Å². The number of anilines is 3. The normalized spacial score (nSPS) is 13.4. The first-order chi connectivity index (χ1) is 10.8. The Labute approximate surface area is 132 Å². The number of fused-ring (bicyclic) bond motifs is 2. The van der Waals surface area contributed by atoms with E-state index in [1.165, 1.54) is 27.7 Å². The minimum Gasteiger partial charge on any atom is -0.371 e. The molecule has 0 saturated carbocycles. The van der Waals surface area contributed by atoms with Crippen molar-refractivity contribution in [3.63, 3.8) is 0 Å². The summed E-state index contributed by atoms with van der Waals surface area (Å²) in [6, 6.07) is 14.5. The van der Waals surface area contributed by atoms with Gasteiger partial charge in [-0.15, -0.1) is 4.91 Å². The molecule has 0 radical (unpaired) electrons. The zero-order valence-corrected chi connectivity index (χ0v) is 13.0. The number of hydrogen-bond donors (Lipinski definition) is 1. The van der Waals surface area contributed by atoms with E-state index < -0.39 is 0 Å². The van der Waals surface area contributed by atoms with E-state index in [0.717, 1.165) is 29.3 Å². The largest absolute Gasteiger partial charge is 0.371 e. The van der Waals surface area contributed by atoms with Crippen molar-refractivity contribution in [2.24, 2.45) is 5.18 Å². The Hall–Kier alpha value is -2.40. The number of thiophene rings is 1. The van der Waals surface area contributed by atoms with Crippen LogP contribution in [-0.4, -0.2) is 13.6 Å². The lowest BCUT2D eigenvalue weighted by atomic mass is 10.1. The van der Waals surface area contributed by atoms with Crippen LogP contribution in [0.3, 0.4) is 0 Å². The number of nitrogens with zero attached hydrogens (tertiary/aromatic N) is 2. The van der Waals surface area contributed by atoms with E-state index in [2.05, 4.69) is 39.7 Å². The lowest BCUT2D eigenvalue weighted by Gasteiger charge is -2.09. The van der Waals surface area contributed by atoms with Crippen LogP contribution in [0.5, 0.6) is 0 Å². The molecule has 0 aliphatic carbocycles. The smallest absolute Gasteiger partial charge is 0.186 e. The predicted octanol–water partition coefficient (Wildman–Crippen LogP) is 5.04. The Bertz CT molecular complexity index is 866. The van der Waals surface area contributed by atoms with Gasteiger partial charge in [0.1, 0.15) is 5.00 Å². The van der Waals surface area contributed by atoms with E-state index in [4.69, 9.17) is 0 Å². The maximum Gasteiger partial charge on any atom is 0.186 e. The van der Waals surface area contributed by atoms with Gasteiger partial charge in [-0.2, -0.15) is 0 Å². The van der Waals surface area contributed by atoms with E-state index in [1.807, 2.05) is 25.2 Å². The number of likely N-dealkylation sites (N-methyl/N-ethyl adjacent to an activating group) is 1. The van der Waals surface area contributed by atoms with Crippen molar-refractivity contribution in [2.75, 3.05) is 23.8 Å². The van der Waals surface area contributed by atoms with Gasteiger partial charge in [0.25, 0.3) is 0 Å². The van der Waals surface area contributed by atoms with Gasteiger partial charge in [0.2, 0.25) is 0 Å². The molecular weight excluding hydrogens is 294 g/mol. The summed E-state index contributed by atoms with van der Waals surface area (Å²) in [5, 5.41) is 10.7. The third-order valence-corrected chi connectivity index (χ3v) is 5.17. The summed E-state index contributed by atoms with van der Waals surface area (Å²) in [4.78, 5) is 13.2. The molecule has 2 heterocycles. The molecule has 0 spiro atoms. The Morgan fingerprint density at radius 1 is 1.18 bits per heavy atom. The van der Waals surface area contributed by atoms with Crippen molar-refractivity contribution >= 4 is 43.5 Å². The maximum absolute atomic E-state index is 11.1. The second-order valence-electron chi connectivity index (χ2n) is 5.48. The van der Waals surface area contributed by atoms with Gasteiger partial charge in [0, 0.05) is 30.2 Å². The molecule has 110 valence electrons. The Kier molecular flexibility index (Phi) is 3.08. The summed E-state index contributed by atoms with van der Waals surface area (Å²) < 4.78 is 0. The zero-order valence-electron chi connectivity index (χ0n) is 12.2. The van der Waals surface area contributed by atoms with Gasteiger partial charge in [0.05, 0.1) is 5.69 Å². The Morgan fingerprint density at radius 2 is 2.00 bits per heavy atom. The van der Waals surface area contributed by atoms with Crippen LogP contribution in [0.25, 0.3) is 10.8 Å². The SMILES string of the molecule is CN1CCc2c(Nc3cccc4ccccc34)sc(N=O)c21. The quantitative estimate of drug-likeness (QED) is 0.690. The van der Waals surface area contributed by atoms with Crippen LogP contribution in [0.15, 0.2) is 47.6 Å². The summed E-state index contributed by atoms with van der Waals surface area (Å²) in [6.07, 6.45) is 0.949. The van der Waals surface area contributed by atoms with Crippen molar-refractivity contribution in [3.8, 4) is 0 Å². The van der Waals surface area contributed by atoms with E-state index in [9.17, 15) is 4.91 Å². The van der Waals surface area contributed by atoms with E-state index in [-0.39, 0.29) is 0 Å². The monoisotopic (exact) mass is 309 g/mol. The highest BCUT2D eigenvalue weighted by molar-refractivity contribution is 7.20. The first kappa shape index (κ1) is 13.3. The fraction of sp³-hybridized carbons (Fsp3) is 0.176. The Morgan fingerprint density at radius 3 is 2.86 bits per heavy atom. The second-order valence-corrected chi connectivity index (χ2v) is 6.48. The molecule has 5 heteroatoms. The minimum atomic E-state index is 0.567. The average Bonchev–Trinajstić information content (AvgIpc) is 3.09. The van der Waals surface area contributed by atoms with Gasteiger partial charge in [-0.1, -0.05) is 47.7 Å². The third kappa shape index (κ3) is 1.97. The molecule has 2 aromatic carbocycles. The van der Waals surface area contributed by atoms with Gasteiger partial charge < -0.3 is 10.2 Å². The zero-order chi connectivity index (χ0) is 15.1. The molecule has 4 rings (SSSR count). The van der Waals surface area contributed by atoms with Crippen molar-refractivity contribution in [1.29, 1.82) is 0 Å². The number of nitrogens with one attached hydrogen (secondary N) is 1. The number of rotatable bonds is 3. The summed E-state index contributed by atoms with van der Waals surface area (Å²) >= 11 is 1.44. The molecule has 0 amide bonds. The third-order valence-electron chi connectivity index (χ3n) is 4.16. The van der Waals surface area contributed by atoms with Crippen LogP contribution in [0.1, 0.15) is 5.56 Å². The van der Waals surface area contributed by atoms with Gasteiger partial charge in [-0.3, -0.25) is 0 Å². The van der Waals surface area contributed by atoms with Gasteiger partial charge in [-0.05, 0) is 23.1 Å². The summed E-state index contributed by atoms with van der Waals surface area (Å²) in [5.74, 6) is 0. The minimum absolute atomic E-state index is 0.567. The fourth-order valence-electron chi connectivity index (χ4n) is 3.08. The van der Waals surface area contributed by atoms with E-state index in [1.54, 1.807) is 0 Å². The molecule has 22 heavy (non-hydrogen) atoms. The molecule has 1 aliphatic heterocycles. The van der Waals surface area contributed by atoms with Gasteiger partial charge in [-0.25, -0.2) is 0 Å². The molecule has 1 N–H and O–H groups in total. The highest BCUT2D eigenvalue weighted by atomic mass is 32.1. The fourth-order valence-corrected chi connectivity index (χ4v) is 4.17. The molecule has 0 unspecified atom stereocenters. The lowest BCUT2D eigenvalue weighted by Crippen LogP contribution is -2.12. The molecule has 0 saturated heterocycles. The van der Waals surface area contributed by atoms with Gasteiger partial charge >= 0.3 is 0 Å². The summed E-state index contributed by atoms with van der Waals surface area (Å²) in [5.41, 5.74) is 3.26. The predicted molar refractivity (Wildman–Crippen MR) is 94.0 cm³/mol. The van der Waals surface area contributed by atoms with Crippen molar-refractivity contribution in [1.82, 2.24) is 0 Å². The molecule has 1 aromatic heterocycles.